The van der Waals surface area contributed by atoms with Crippen molar-refractivity contribution in [1.29, 1.82) is 0 Å². The number of aromatic nitrogens is 1. The molecule has 2 amide bonds. The molecule has 0 atom stereocenters. The number of nitrogens with one attached hydrogen (secondary N) is 2. The molecule has 1 heterocycles. The second kappa shape index (κ2) is 10.7. The van der Waals surface area contributed by atoms with Gasteiger partial charge in [-0.05, 0) is 49.7 Å². The Morgan fingerprint density at radius 2 is 1.72 bits per heavy atom. The predicted octanol–water partition coefficient (Wildman–Crippen LogP) is 4.70. The molecule has 32 heavy (non-hydrogen) atoms. The van der Waals surface area contributed by atoms with E-state index < -0.39 is 0 Å². The molecule has 0 saturated carbocycles. The fourth-order valence-electron chi connectivity index (χ4n) is 3.13. The van der Waals surface area contributed by atoms with E-state index in [9.17, 15) is 9.59 Å². The third kappa shape index (κ3) is 5.79. The second-order valence-electron chi connectivity index (χ2n) is 6.98. The Morgan fingerprint density at radius 1 is 0.969 bits per heavy atom. The fourth-order valence-corrected chi connectivity index (χ4v) is 4.08. The molecule has 0 saturated heterocycles. The van der Waals surface area contributed by atoms with Crippen LogP contribution in [0.5, 0.6) is 11.5 Å². The number of rotatable bonds is 8. The van der Waals surface area contributed by atoms with Gasteiger partial charge in [0, 0.05) is 17.4 Å². The number of aryl methyl sites for hydroxylation is 2. The van der Waals surface area contributed by atoms with E-state index in [0.29, 0.717) is 33.5 Å². The topological polar surface area (TPSA) is 89.6 Å². The van der Waals surface area contributed by atoms with E-state index >= 15 is 0 Å². The molecule has 1 aromatic heterocycles. The number of thioether (sulfide) groups is 1. The van der Waals surface area contributed by atoms with Crippen LogP contribution in [0.1, 0.15) is 21.6 Å². The fraction of sp³-hybridized carbons (Fsp3) is 0.208. The highest BCUT2D eigenvalue weighted by atomic mass is 32.2. The number of carbonyl (C=O) groups is 2. The van der Waals surface area contributed by atoms with Crippen molar-refractivity contribution < 1.29 is 19.1 Å². The van der Waals surface area contributed by atoms with Gasteiger partial charge in [-0.1, -0.05) is 30.0 Å². The molecule has 2 aromatic carbocycles. The summed E-state index contributed by atoms with van der Waals surface area (Å²) >= 11 is 1.21. The average molecular weight is 452 g/mol. The third-order valence-corrected chi connectivity index (χ3v) is 5.57. The van der Waals surface area contributed by atoms with Crippen molar-refractivity contribution >= 4 is 35.0 Å². The average Bonchev–Trinajstić information content (AvgIpc) is 2.77. The molecule has 7 nitrogen and oxygen atoms in total. The second-order valence-corrected chi connectivity index (χ2v) is 7.95. The number of ether oxygens (including phenoxy) is 2. The number of nitrogens with zero attached hydrogens (tertiary/aromatic N) is 1. The van der Waals surface area contributed by atoms with Gasteiger partial charge in [0.1, 0.15) is 16.5 Å². The maximum Gasteiger partial charge on any atom is 0.258 e. The molecule has 166 valence electrons. The molecule has 8 heteroatoms. The summed E-state index contributed by atoms with van der Waals surface area (Å²) in [4.78, 5) is 30.1. The largest absolute Gasteiger partial charge is 0.497 e. The van der Waals surface area contributed by atoms with Crippen LogP contribution in [0.25, 0.3) is 0 Å². The van der Waals surface area contributed by atoms with Crippen molar-refractivity contribution in [2.45, 2.75) is 18.9 Å². The highest BCUT2D eigenvalue weighted by Gasteiger charge is 2.19. The Morgan fingerprint density at radius 3 is 2.41 bits per heavy atom. The van der Waals surface area contributed by atoms with Gasteiger partial charge in [-0.3, -0.25) is 9.59 Å². The quantitative estimate of drug-likeness (QED) is 0.483. The summed E-state index contributed by atoms with van der Waals surface area (Å²) in [5, 5.41) is 6.23. The monoisotopic (exact) mass is 451 g/mol. The third-order valence-electron chi connectivity index (χ3n) is 4.59. The number of pyridine rings is 1. The van der Waals surface area contributed by atoms with Crippen LogP contribution in [0.3, 0.4) is 0 Å². The standard InChI is InChI=1S/C24H25N3O4S/c1-15-12-16(2)25-24(22(15)23(29)26-17-8-6-5-7-9-17)32-14-21(28)27-19-13-18(30-3)10-11-20(19)31-4/h5-13H,14H2,1-4H3,(H,26,29)(H,27,28). The summed E-state index contributed by atoms with van der Waals surface area (Å²) in [7, 11) is 3.08. The van der Waals surface area contributed by atoms with Crippen molar-refractivity contribution in [2.24, 2.45) is 0 Å². The van der Waals surface area contributed by atoms with Gasteiger partial charge in [0.15, 0.2) is 0 Å². The number of para-hydroxylation sites is 1. The van der Waals surface area contributed by atoms with E-state index in [1.165, 1.54) is 18.9 Å². The summed E-state index contributed by atoms with van der Waals surface area (Å²) in [5.74, 6) is 0.679. The van der Waals surface area contributed by atoms with Gasteiger partial charge in [-0.25, -0.2) is 4.98 Å². The molecule has 0 radical (unpaired) electrons. The van der Waals surface area contributed by atoms with Gasteiger partial charge in [-0.2, -0.15) is 0 Å². The molecule has 0 aliphatic rings. The van der Waals surface area contributed by atoms with Crippen LogP contribution in [-0.4, -0.2) is 36.8 Å². The van der Waals surface area contributed by atoms with Crippen LogP contribution in [0, 0.1) is 13.8 Å². The van der Waals surface area contributed by atoms with E-state index in [1.807, 2.05) is 50.2 Å². The number of carbonyl (C=O) groups excluding carboxylic acids is 2. The minimum absolute atomic E-state index is 0.0713. The van der Waals surface area contributed by atoms with Crippen molar-refractivity contribution in [3.05, 3.63) is 71.4 Å². The Hall–Kier alpha value is -3.52. The van der Waals surface area contributed by atoms with Crippen LogP contribution in [-0.2, 0) is 4.79 Å². The van der Waals surface area contributed by atoms with E-state index in [1.54, 1.807) is 25.3 Å². The number of anilines is 2. The summed E-state index contributed by atoms with van der Waals surface area (Å²) in [6.07, 6.45) is 0. The molecule has 0 bridgehead atoms. The van der Waals surface area contributed by atoms with E-state index in [4.69, 9.17) is 9.47 Å². The molecule has 3 aromatic rings. The molecule has 0 fully saturated rings. The normalized spacial score (nSPS) is 10.4. The maximum atomic E-state index is 13.0. The molecular formula is C24H25N3O4S. The van der Waals surface area contributed by atoms with E-state index in [2.05, 4.69) is 15.6 Å². The van der Waals surface area contributed by atoms with Crippen molar-refractivity contribution in [1.82, 2.24) is 4.98 Å². The van der Waals surface area contributed by atoms with Gasteiger partial charge < -0.3 is 20.1 Å². The first-order valence-electron chi connectivity index (χ1n) is 9.90. The minimum Gasteiger partial charge on any atom is -0.497 e. The van der Waals surface area contributed by atoms with Crippen LogP contribution in [0.4, 0.5) is 11.4 Å². The molecule has 0 aliphatic carbocycles. The lowest BCUT2D eigenvalue weighted by molar-refractivity contribution is -0.113. The first kappa shape index (κ1) is 23.1. The zero-order valence-corrected chi connectivity index (χ0v) is 19.2. The highest BCUT2D eigenvalue weighted by Crippen LogP contribution is 2.30. The first-order valence-corrected chi connectivity index (χ1v) is 10.9. The number of hydrogen-bond donors (Lipinski definition) is 2. The predicted molar refractivity (Wildman–Crippen MR) is 127 cm³/mol. The lowest BCUT2D eigenvalue weighted by Crippen LogP contribution is -2.18. The lowest BCUT2D eigenvalue weighted by Gasteiger charge is -2.14. The van der Waals surface area contributed by atoms with Gasteiger partial charge in [-0.15, -0.1) is 0 Å². The van der Waals surface area contributed by atoms with Crippen LogP contribution in [0.2, 0.25) is 0 Å². The molecular weight excluding hydrogens is 426 g/mol. The van der Waals surface area contributed by atoms with E-state index in [0.717, 1.165) is 11.3 Å². The minimum atomic E-state index is -0.265. The Bertz CT molecular complexity index is 1120. The van der Waals surface area contributed by atoms with E-state index in [-0.39, 0.29) is 17.6 Å². The summed E-state index contributed by atoms with van der Waals surface area (Å²) in [6, 6.07) is 16.2. The Labute approximate surface area is 191 Å². The van der Waals surface area contributed by atoms with Crippen molar-refractivity contribution in [2.75, 3.05) is 30.6 Å². The summed E-state index contributed by atoms with van der Waals surface area (Å²) < 4.78 is 10.5. The number of benzene rings is 2. The van der Waals surface area contributed by atoms with Crippen LogP contribution in [0.15, 0.2) is 59.6 Å². The highest BCUT2D eigenvalue weighted by molar-refractivity contribution is 8.00. The first-order chi connectivity index (χ1) is 15.4. The maximum absolute atomic E-state index is 13.0. The number of hydrogen-bond acceptors (Lipinski definition) is 6. The number of amides is 2. The molecule has 2 N–H and O–H groups in total. The molecule has 0 aliphatic heterocycles. The molecule has 0 unspecified atom stereocenters. The SMILES string of the molecule is COc1ccc(OC)c(NC(=O)CSc2nc(C)cc(C)c2C(=O)Nc2ccccc2)c1. The lowest BCUT2D eigenvalue weighted by atomic mass is 10.1. The van der Waals surface area contributed by atoms with Gasteiger partial charge in [0.25, 0.3) is 5.91 Å². The van der Waals surface area contributed by atoms with Crippen molar-refractivity contribution in [3.8, 4) is 11.5 Å². The summed E-state index contributed by atoms with van der Waals surface area (Å²) in [5.41, 5.74) is 3.22. The Balaban J connectivity index is 1.76. The number of methoxy groups -OCH3 is 2. The van der Waals surface area contributed by atoms with Gasteiger partial charge >= 0.3 is 0 Å². The zero-order chi connectivity index (χ0) is 23.1. The summed E-state index contributed by atoms with van der Waals surface area (Å²) in [6.45, 7) is 3.72. The molecule has 0 spiro atoms. The van der Waals surface area contributed by atoms with Crippen LogP contribution >= 0.6 is 11.8 Å². The Kier molecular flexibility index (Phi) is 7.72. The zero-order valence-electron chi connectivity index (χ0n) is 18.4. The smallest absolute Gasteiger partial charge is 0.258 e. The van der Waals surface area contributed by atoms with Gasteiger partial charge in [0.05, 0.1) is 31.2 Å². The molecule has 3 rings (SSSR count). The van der Waals surface area contributed by atoms with Crippen molar-refractivity contribution in [3.63, 3.8) is 0 Å². The van der Waals surface area contributed by atoms with Gasteiger partial charge in [0.2, 0.25) is 5.91 Å². The van der Waals surface area contributed by atoms with Crippen LogP contribution < -0.4 is 20.1 Å².